The first-order chi connectivity index (χ1) is 7.59. The Morgan fingerprint density at radius 3 is 2.25 bits per heavy atom. The van der Waals surface area contributed by atoms with Crippen molar-refractivity contribution >= 4 is 37.9 Å². The molecule has 2 rings (SSSR count). The molecule has 0 aliphatic rings. The second kappa shape index (κ2) is 4.65. The lowest BCUT2D eigenvalue weighted by Crippen LogP contribution is -1.83. The topological polar surface area (TPSA) is 20.2 Å². The summed E-state index contributed by atoms with van der Waals surface area (Å²) in [6, 6.07) is 11.0. The molecule has 16 heavy (non-hydrogen) atoms. The molecule has 0 spiro atoms. The van der Waals surface area contributed by atoms with Crippen LogP contribution in [0.15, 0.2) is 51.1 Å². The van der Waals surface area contributed by atoms with E-state index in [1.165, 1.54) is 0 Å². The van der Waals surface area contributed by atoms with E-state index in [4.69, 9.17) is 0 Å². The molecule has 4 heteroatoms. The molecule has 0 saturated heterocycles. The fourth-order valence-corrected chi connectivity index (χ4v) is 2.34. The number of hydrogen-bond donors (Lipinski definition) is 4. The monoisotopic (exact) mass is 266 g/mol. The highest BCUT2D eigenvalue weighted by Crippen LogP contribution is 2.37. The van der Waals surface area contributed by atoms with Gasteiger partial charge in [-0.3, -0.25) is 0 Å². The van der Waals surface area contributed by atoms with Crippen molar-refractivity contribution in [2.45, 2.75) is 14.7 Å². The fourth-order valence-electron chi connectivity index (χ4n) is 1.50. The first-order valence-electron chi connectivity index (χ1n) is 4.63. The Hall–Kier alpha value is -0.710. The molecule has 1 N–H and O–H groups in total. The predicted molar refractivity (Wildman–Crippen MR) is 75.3 cm³/mol. The van der Waals surface area contributed by atoms with Crippen molar-refractivity contribution in [1.29, 1.82) is 0 Å². The zero-order chi connectivity index (χ0) is 11.7. The number of hydrogen-bond acceptors (Lipinski definition) is 4. The van der Waals surface area contributed by atoms with Crippen molar-refractivity contribution in [3.63, 3.8) is 0 Å². The van der Waals surface area contributed by atoms with Crippen LogP contribution in [-0.4, -0.2) is 5.11 Å². The minimum Gasteiger partial charge on any atom is -0.506 e. The molecule has 2 aromatic carbocycles. The van der Waals surface area contributed by atoms with Crippen LogP contribution < -0.4 is 0 Å². The summed E-state index contributed by atoms with van der Waals surface area (Å²) in [6.07, 6.45) is 0. The Bertz CT molecular complexity index is 538. The van der Waals surface area contributed by atoms with Crippen LogP contribution in [0.5, 0.6) is 5.75 Å². The van der Waals surface area contributed by atoms with Crippen LogP contribution in [0.25, 0.3) is 11.1 Å². The van der Waals surface area contributed by atoms with Crippen LogP contribution in [-0.2, 0) is 0 Å². The Morgan fingerprint density at radius 1 is 0.812 bits per heavy atom. The molecule has 0 unspecified atom stereocenters. The number of rotatable bonds is 1. The minimum atomic E-state index is 0.174. The number of para-hydroxylation sites is 1. The lowest BCUT2D eigenvalue weighted by Gasteiger charge is -2.09. The van der Waals surface area contributed by atoms with E-state index in [0.717, 1.165) is 20.9 Å². The Balaban J connectivity index is 2.63. The number of phenolic OH excluding ortho intramolecular Hbond substituents is 1. The highest BCUT2D eigenvalue weighted by Gasteiger charge is 2.09. The van der Waals surface area contributed by atoms with Gasteiger partial charge in [0.1, 0.15) is 5.75 Å². The average molecular weight is 266 g/mol. The van der Waals surface area contributed by atoms with Gasteiger partial charge in [-0.25, -0.2) is 0 Å². The van der Waals surface area contributed by atoms with Gasteiger partial charge in [0.2, 0.25) is 0 Å². The van der Waals surface area contributed by atoms with Crippen molar-refractivity contribution in [3.8, 4) is 16.9 Å². The fraction of sp³-hybridized carbons (Fsp3) is 0. The molecule has 0 aliphatic heterocycles. The Morgan fingerprint density at radius 2 is 1.56 bits per heavy atom. The van der Waals surface area contributed by atoms with E-state index in [1.807, 2.05) is 30.3 Å². The summed E-state index contributed by atoms with van der Waals surface area (Å²) < 4.78 is 0. The van der Waals surface area contributed by atoms with E-state index in [9.17, 15) is 5.11 Å². The smallest absolute Gasteiger partial charge is 0.136 e. The van der Waals surface area contributed by atoms with Crippen molar-refractivity contribution < 1.29 is 5.11 Å². The third kappa shape index (κ3) is 2.19. The summed E-state index contributed by atoms with van der Waals surface area (Å²) in [6.45, 7) is 0. The maximum absolute atomic E-state index is 9.92. The van der Waals surface area contributed by atoms with Gasteiger partial charge in [0.05, 0.1) is 0 Å². The third-order valence-corrected chi connectivity index (χ3v) is 3.30. The van der Waals surface area contributed by atoms with E-state index in [1.54, 1.807) is 6.07 Å². The Kier molecular flexibility index (Phi) is 3.42. The second-order valence-corrected chi connectivity index (χ2v) is 4.85. The van der Waals surface area contributed by atoms with Crippen LogP contribution in [0.2, 0.25) is 0 Å². The van der Waals surface area contributed by atoms with Gasteiger partial charge in [-0.1, -0.05) is 18.2 Å². The number of aromatic hydroxyl groups is 1. The lowest BCUT2D eigenvalue weighted by atomic mass is 10.0. The van der Waals surface area contributed by atoms with Gasteiger partial charge in [-0.2, -0.15) is 0 Å². The highest BCUT2D eigenvalue weighted by molar-refractivity contribution is 7.81. The van der Waals surface area contributed by atoms with Crippen molar-refractivity contribution in [3.05, 3.63) is 36.4 Å². The molecule has 0 aromatic heterocycles. The molecular weight excluding hydrogens is 256 g/mol. The summed E-state index contributed by atoms with van der Waals surface area (Å²) in [7, 11) is 0. The predicted octanol–water partition coefficient (Wildman–Crippen LogP) is 3.93. The minimum absolute atomic E-state index is 0.174. The van der Waals surface area contributed by atoms with Gasteiger partial charge in [-0.15, -0.1) is 37.9 Å². The van der Waals surface area contributed by atoms with Crippen LogP contribution >= 0.6 is 37.9 Å². The van der Waals surface area contributed by atoms with E-state index in [0.29, 0.717) is 4.90 Å². The van der Waals surface area contributed by atoms with Gasteiger partial charge in [0.25, 0.3) is 0 Å². The standard InChI is InChI=1S/C12H10OS3/c13-12-9(2-1-3-10(12)15)8-5-4-7(14)6-11(8)16/h1-6,13-16H. The van der Waals surface area contributed by atoms with Crippen LogP contribution in [0.1, 0.15) is 0 Å². The number of benzene rings is 2. The summed E-state index contributed by atoms with van der Waals surface area (Å²) in [5.74, 6) is 0.174. The molecule has 0 bridgehead atoms. The number of phenols is 1. The maximum atomic E-state index is 9.92. The first kappa shape index (κ1) is 11.8. The van der Waals surface area contributed by atoms with Crippen LogP contribution in [0, 0.1) is 0 Å². The molecule has 1 nitrogen and oxygen atoms in total. The summed E-state index contributed by atoms with van der Waals surface area (Å²) in [5.41, 5.74) is 1.60. The average Bonchev–Trinajstić information content (AvgIpc) is 2.23. The van der Waals surface area contributed by atoms with Crippen molar-refractivity contribution in [2.24, 2.45) is 0 Å². The molecule has 0 radical (unpaired) electrons. The summed E-state index contributed by atoms with van der Waals surface area (Å²) in [4.78, 5) is 2.18. The SMILES string of the molecule is Oc1c(S)cccc1-c1ccc(S)cc1S. The largest absolute Gasteiger partial charge is 0.506 e. The molecular formula is C12H10OS3. The summed E-state index contributed by atoms with van der Waals surface area (Å²) >= 11 is 12.8. The Labute approximate surface area is 111 Å². The molecule has 0 saturated carbocycles. The molecule has 82 valence electrons. The molecule has 0 atom stereocenters. The zero-order valence-corrected chi connectivity index (χ0v) is 10.9. The van der Waals surface area contributed by atoms with Gasteiger partial charge < -0.3 is 5.11 Å². The highest BCUT2D eigenvalue weighted by atomic mass is 32.1. The van der Waals surface area contributed by atoms with Crippen LogP contribution in [0.3, 0.4) is 0 Å². The van der Waals surface area contributed by atoms with E-state index in [2.05, 4.69) is 37.9 Å². The quantitative estimate of drug-likeness (QED) is 0.577. The lowest BCUT2D eigenvalue weighted by molar-refractivity contribution is 0.464. The number of thiol groups is 3. The van der Waals surface area contributed by atoms with Crippen molar-refractivity contribution in [1.82, 2.24) is 0 Å². The summed E-state index contributed by atoms with van der Waals surface area (Å²) in [5, 5.41) is 9.92. The first-order valence-corrected chi connectivity index (χ1v) is 5.97. The third-order valence-electron chi connectivity index (χ3n) is 2.29. The van der Waals surface area contributed by atoms with Gasteiger partial charge in [0, 0.05) is 20.2 Å². The molecule has 0 amide bonds. The second-order valence-electron chi connectivity index (χ2n) is 3.37. The van der Waals surface area contributed by atoms with E-state index >= 15 is 0 Å². The van der Waals surface area contributed by atoms with Gasteiger partial charge >= 0.3 is 0 Å². The van der Waals surface area contributed by atoms with Gasteiger partial charge in [-0.05, 0) is 23.8 Å². The van der Waals surface area contributed by atoms with Crippen molar-refractivity contribution in [2.75, 3.05) is 0 Å². The molecule has 0 heterocycles. The van der Waals surface area contributed by atoms with Crippen LogP contribution in [0.4, 0.5) is 0 Å². The molecule has 0 fully saturated rings. The molecule has 2 aromatic rings. The van der Waals surface area contributed by atoms with Gasteiger partial charge in [0.15, 0.2) is 0 Å². The maximum Gasteiger partial charge on any atom is 0.136 e. The zero-order valence-electron chi connectivity index (χ0n) is 8.25. The van der Waals surface area contributed by atoms with E-state index < -0.39 is 0 Å². The van der Waals surface area contributed by atoms with E-state index in [-0.39, 0.29) is 5.75 Å². The normalized spacial score (nSPS) is 10.4. The molecule has 0 aliphatic carbocycles.